The van der Waals surface area contributed by atoms with Crippen LogP contribution in [0.4, 0.5) is 0 Å². The largest absolute Gasteiger partial charge is 0.340 e. The quantitative estimate of drug-likeness (QED) is 0.781. The van der Waals surface area contributed by atoms with Crippen LogP contribution in [0.15, 0.2) is 0 Å². The lowest BCUT2D eigenvalue weighted by Gasteiger charge is -2.46. The molecule has 0 atom stereocenters. The number of piperazine rings is 1. The van der Waals surface area contributed by atoms with Crippen LogP contribution in [0.3, 0.4) is 0 Å². The standard InChI is InChI=1S/C18H33N3O/c1-3-20-10-8-18(9-11-20)6-4-16(5-7-18)17(22)21-14-12-19(2)13-15-21/h16H,3-15H2,1-2H3. The van der Waals surface area contributed by atoms with Crippen molar-refractivity contribution in [3.8, 4) is 0 Å². The molecule has 2 aliphatic heterocycles. The van der Waals surface area contributed by atoms with Gasteiger partial charge in [0.1, 0.15) is 0 Å². The third-order valence-corrected chi connectivity index (χ3v) is 6.57. The van der Waals surface area contributed by atoms with E-state index in [1.807, 2.05) is 0 Å². The molecule has 0 unspecified atom stereocenters. The van der Waals surface area contributed by atoms with Crippen LogP contribution >= 0.6 is 0 Å². The van der Waals surface area contributed by atoms with E-state index in [0.717, 1.165) is 39.0 Å². The predicted molar refractivity (Wildman–Crippen MR) is 89.8 cm³/mol. The van der Waals surface area contributed by atoms with Crippen LogP contribution in [0.5, 0.6) is 0 Å². The summed E-state index contributed by atoms with van der Waals surface area (Å²) in [6.07, 6.45) is 7.56. The first kappa shape index (κ1) is 16.3. The lowest BCUT2D eigenvalue weighted by Crippen LogP contribution is -2.50. The molecule has 126 valence electrons. The Morgan fingerprint density at radius 3 is 2.09 bits per heavy atom. The van der Waals surface area contributed by atoms with Gasteiger partial charge in [-0.15, -0.1) is 0 Å². The molecule has 0 bridgehead atoms. The monoisotopic (exact) mass is 307 g/mol. The van der Waals surface area contributed by atoms with Gasteiger partial charge in [-0.25, -0.2) is 0 Å². The first-order valence-corrected chi connectivity index (χ1v) is 9.32. The molecule has 0 aromatic carbocycles. The second kappa shape index (κ2) is 6.88. The van der Waals surface area contributed by atoms with E-state index >= 15 is 0 Å². The van der Waals surface area contributed by atoms with Crippen LogP contribution < -0.4 is 0 Å². The SMILES string of the molecule is CCN1CCC2(CCC(C(=O)N3CCN(C)CC3)CC2)CC1. The van der Waals surface area contributed by atoms with Crippen molar-refractivity contribution in [2.75, 3.05) is 52.9 Å². The number of carbonyl (C=O) groups is 1. The summed E-state index contributed by atoms with van der Waals surface area (Å²) in [5, 5.41) is 0. The summed E-state index contributed by atoms with van der Waals surface area (Å²) >= 11 is 0. The Hall–Kier alpha value is -0.610. The smallest absolute Gasteiger partial charge is 0.225 e. The molecule has 1 aliphatic carbocycles. The third-order valence-electron chi connectivity index (χ3n) is 6.57. The van der Waals surface area contributed by atoms with Gasteiger partial charge in [-0.05, 0) is 70.6 Å². The van der Waals surface area contributed by atoms with Crippen molar-refractivity contribution in [2.45, 2.75) is 45.4 Å². The molecular weight excluding hydrogens is 274 g/mol. The predicted octanol–water partition coefficient (Wildman–Crippen LogP) is 2.05. The number of likely N-dealkylation sites (tertiary alicyclic amines) is 1. The summed E-state index contributed by atoms with van der Waals surface area (Å²) in [6, 6.07) is 0. The van der Waals surface area contributed by atoms with E-state index in [-0.39, 0.29) is 0 Å². The molecule has 4 heteroatoms. The molecule has 2 heterocycles. The van der Waals surface area contributed by atoms with Gasteiger partial charge in [-0.1, -0.05) is 6.92 Å². The maximum absolute atomic E-state index is 12.7. The van der Waals surface area contributed by atoms with Crippen molar-refractivity contribution >= 4 is 5.91 Å². The Morgan fingerprint density at radius 2 is 1.55 bits per heavy atom. The Kier molecular flexibility index (Phi) is 5.08. The zero-order valence-corrected chi connectivity index (χ0v) is 14.5. The van der Waals surface area contributed by atoms with Gasteiger partial charge in [-0.2, -0.15) is 0 Å². The minimum Gasteiger partial charge on any atom is -0.340 e. The highest BCUT2D eigenvalue weighted by atomic mass is 16.2. The summed E-state index contributed by atoms with van der Waals surface area (Å²) in [7, 11) is 2.15. The molecule has 0 aromatic rings. The van der Waals surface area contributed by atoms with Gasteiger partial charge in [0.25, 0.3) is 0 Å². The van der Waals surface area contributed by atoms with Crippen molar-refractivity contribution < 1.29 is 4.79 Å². The molecular formula is C18H33N3O. The molecule has 1 saturated carbocycles. The fraction of sp³-hybridized carbons (Fsp3) is 0.944. The van der Waals surface area contributed by atoms with Crippen molar-refractivity contribution in [2.24, 2.45) is 11.3 Å². The molecule has 0 aromatic heterocycles. The number of hydrogen-bond donors (Lipinski definition) is 0. The molecule has 3 rings (SSSR count). The second-order valence-electron chi connectivity index (χ2n) is 7.84. The number of carbonyl (C=O) groups excluding carboxylic acids is 1. The molecule has 3 fully saturated rings. The summed E-state index contributed by atoms with van der Waals surface area (Å²) in [4.78, 5) is 19.8. The van der Waals surface area contributed by atoms with Gasteiger partial charge in [0.2, 0.25) is 5.91 Å². The van der Waals surface area contributed by atoms with E-state index in [0.29, 0.717) is 17.2 Å². The first-order chi connectivity index (χ1) is 10.6. The molecule has 0 N–H and O–H groups in total. The summed E-state index contributed by atoms with van der Waals surface area (Å²) in [6.45, 7) is 9.95. The van der Waals surface area contributed by atoms with E-state index in [1.54, 1.807) is 0 Å². The van der Waals surface area contributed by atoms with Gasteiger partial charge >= 0.3 is 0 Å². The molecule has 3 aliphatic rings. The Morgan fingerprint density at radius 1 is 0.955 bits per heavy atom. The van der Waals surface area contributed by atoms with Crippen molar-refractivity contribution in [1.29, 1.82) is 0 Å². The molecule has 22 heavy (non-hydrogen) atoms. The summed E-state index contributed by atoms with van der Waals surface area (Å²) < 4.78 is 0. The number of nitrogens with zero attached hydrogens (tertiary/aromatic N) is 3. The summed E-state index contributed by atoms with van der Waals surface area (Å²) in [5.74, 6) is 0.771. The third kappa shape index (κ3) is 3.48. The second-order valence-corrected chi connectivity index (χ2v) is 7.84. The number of likely N-dealkylation sites (N-methyl/N-ethyl adjacent to an activating group) is 1. The maximum Gasteiger partial charge on any atom is 0.225 e. The van der Waals surface area contributed by atoms with Crippen molar-refractivity contribution in [3.05, 3.63) is 0 Å². The number of amides is 1. The zero-order chi connectivity index (χ0) is 15.6. The van der Waals surface area contributed by atoms with Gasteiger partial charge in [-0.3, -0.25) is 4.79 Å². The van der Waals surface area contributed by atoms with Gasteiger partial charge in [0.15, 0.2) is 0 Å². The molecule has 2 saturated heterocycles. The minimum absolute atomic E-state index is 0.318. The number of hydrogen-bond acceptors (Lipinski definition) is 3. The van der Waals surface area contributed by atoms with Crippen LogP contribution in [-0.2, 0) is 4.79 Å². The summed E-state index contributed by atoms with van der Waals surface area (Å²) in [5.41, 5.74) is 0.574. The van der Waals surface area contributed by atoms with Crippen molar-refractivity contribution in [1.82, 2.24) is 14.7 Å². The van der Waals surface area contributed by atoms with E-state index in [1.165, 1.54) is 45.3 Å². The highest BCUT2D eigenvalue weighted by molar-refractivity contribution is 5.79. The van der Waals surface area contributed by atoms with Crippen LogP contribution in [-0.4, -0.2) is 73.5 Å². The fourth-order valence-corrected chi connectivity index (χ4v) is 4.61. The Labute approximate surface area is 135 Å². The lowest BCUT2D eigenvalue weighted by atomic mass is 9.65. The average Bonchev–Trinajstić information content (AvgIpc) is 2.56. The van der Waals surface area contributed by atoms with E-state index in [4.69, 9.17) is 0 Å². The Balaban J connectivity index is 1.48. The van der Waals surface area contributed by atoms with Gasteiger partial charge < -0.3 is 14.7 Å². The van der Waals surface area contributed by atoms with E-state index < -0.39 is 0 Å². The van der Waals surface area contributed by atoms with Gasteiger partial charge in [0.05, 0.1) is 0 Å². The molecule has 0 radical (unpaired) electrons. The molecule has 1 amide bonds. The lowest BCUT2D eigenvalue weighted by molar-refractivity contribution is -0.139. The highest BCUT2D eigenvalue weighted by Crippen LogP contribution is 2.46. The average molecular weight is 307 g/mol. The van der Waals surface area contributed by atoms with Gasteiger partial charge in [0, 0.05) is 32.1 Å². The maximum atomic E-state index is 12.7. The van der Waals surface area contributed by atoms with Crippen molar-refractivity contribution in [3.63, 3.8) is 0 Å². The minimum atomic E-state index is 0.318. The van der Waals surface area contributed by atoms with Crippen LogP contribution in [0.1, 0.15) is 45.4 Å². The molecule has 1 spiro atoms. The normalized spacial score (nSPS) is 28.2. The first-order valence-electron chi connectivity index (χ1n) is 9.32. The van der Waals surface area contributed by atoms with Crippen LogP contribution in [0, 0.1) is 11.3 Å². The van der Waals surface area contributed by atoms with E-state index in [9.17, 15) is 4.79 Å². The number of rotatable bonds is 2. The fourth-order valence-electron chi connectivity index (χ4n) is 4.61. The zero-order valence-electron chi connectivity index (χ0n) is 14.5. The topological polar surface area (TPSA) is 26.8 Å². The van der Waals surface area contributed by atoms with Crippen LogP contribution in [0.2, 0.25) is 0 Å². The van der Waals surface area contributed by atoms with Crippen LogP contribution in [0.25, 0.3) is 0 Å². The highest BCUT2D eigenvalue weighted by Gasteiger charge is 2.40. The Bertz CT molecular complexity index is 372. The van der Waals surface area contributed by atoms with E-state index in [2.05, 4.69) is 28.7 Å². The molecule has 4 nitrogen and oxygen atoms in total. The number of piperidine rings is 1.